The van der Waals surface area contributed by atoms with E-state index in [4.69, 9.17) is 9.47 Å². The van der Waals surface area contributed by atoms with Gasteiger partial charge in [0.1, 0.15) is 18.4 Å². The Morgan fingerprint density at radius 3 is 2.77 bits per heavy atom. The van der Waals surface area contributed by atoms with Gasteiger partial charge in [0.05, 0.1) is 6.61 Å². The van der Waals surface area contributed by atoms with E-state index in [1.807, 2.05) is 41.3 Å². The summed E-state index contributed by atoms with van der Waals surface area (Å²) >= 11 is 0. The van der Waals surface area contributed by atoms with Crippen LogP contribution in [-0.2, 0) is 9.53 Å². The summed E-state index contributed by atoms with van der Waals surface area (Å²) < 4.78 is 11.3. The third-order valence-electron chi connectivity index (χ3n) is 6.02. The Morgan fingerprint density at radius 2 is 2.00 bits per heavy atom. The fourth-order valence-electron chi connectivity index (χ4n) is 4.42. The minimum absolute atomic E-state index is 0.535. The van der Waals surface area contributed by atoms with Crippen LogP contribution in [0, 0.1) is 0 Å². The maximum absolute atomic E-state index is 12.0. The molecule has 0 amide bonds. The van der Waals surface area contributed by atoms with Crippen LogP contribution in [-0.4, -0.2) is 48.4 Å². The number of hydrogen-bond donors (Lipinski definition) is 1. The normalized spacial score (nSPS) is 20.0. The number of benzene rings is 1. The molecule has 1 saturated heterocycles. The van der Waals surface area contributed by atoms with Gasteiger partial charge in [0.15, 0.2) is 0 Å². The van der Waals surface area contributed by atoms with E-state index in [2.05, 4.69) is 19.1 Å². The summed E-state index contributed by atoms with van der Waals surface area (Å²) in [5.41, 5.74) is 5.76. The molecule has 1 aromatic rings. The van der Waals surface area contributed by atoms with E-state index in [-0.39, 0.29) is 0 Å². The zero-order valence-electron chi connectivity index (χ0n) is 18.2. The molecule has 2 heterocycles. The summed E-state index contributed by atoms with van der Waals surface area (Å²) in [5.74, 6) is 0.00892. The summed E-state index contributed by atoms with van der Waals surface area (Å²) in [6, 6.07) is 7.38. The lowest BCUT2D eigenvalue weighted by atomic mass is 9.91. The van der Waals surface area contributed by atoms with Crippen molar-refractivity contribution in [2.45, 2.75) is 45.1 Å². The average Bonchev–Trinajstić information content (AvgIpc) is 3.19. The lowest BCUT2D eigenvalue weighted by Gasteiger charge is -2.30. The van der Waals surface area contributed by atoms with Crippen molar-refractivity contribution in [3.63, 3.8) is 0 Å². The molecule has 31 heavy (non-hydrogen) atoms. The Labute approximate surface area is 184 Å². The van der Waals surface area contributed by atoms with E-state index in [1.165, 1.54) is 11.1 Å². The molecule has 1 fully saturated rings. The van der Waals surface area contributed by atoms with Gasteiger partial charge in [0, 0.05) is 18.8 Å². The number of aliphatic carboxylic acids is 1. The molecule has 1 N–H and O–H groups in total. The SMILES string of the molecule is CCCCOCCOc1ccc(C2=CC3=C4C(=CCC3)CCN4C(C(=O)O)C=C2)cc1. The van der Waals surface area contributed by atoms with Gasteiger partial charge in [-0.1, -0.05) is 43.7 Å². The first kappa shape index (κ1) is 21.4. The fraction of sp³-hybridized carbons (Fsp3) is 0.423. The highest BCUT2D eigenvalue weighted by Crippen LogP contribution is 2.40. The molecule has 1 aromatic carbocycles. The predicted molar refractivity (Wildman–Crippen MR) is 122 cm³/mol. The highest BCUT2D eigenvalue weighted by molar-refractivity contribution is 5.82. The van der Waals surface area contributed by atoms with Crippen molar-refractivity contribution >= 4 is 11.5 Å². The van der Waals surface area contributed by atoms with Gasteiger partial charge in [-0.25, -0.2) is 4.79 Å². The highest BCUT2D eigenvalue weighted by Gasteiger charge is 2.34. The van der Waals surface area contributed by atoms with Crippen LogP contribution in [0.15, 0.2) is 65.4 Å². The molecule has 5 heteroatoms. The molecule has 0 bridgehead atoms. The lowest BCUT2D eigenvalue weighted by molar-refractivity contribution is -0.140. The third-order valence-corrected chi connectivity index (χ3v) is 6.02. The van der Waals surface area contributed by atoms with Crippen LogP contribution in [0.4, 0.5) is 0 Å². The number of allylic oxidation sites excluding steroid dienone is 6. The van der Waals surface area contributed by atoms with Crippen molar-refractivity contribution in [3.8, 4) is 5.75 Å². The fourth-order valence-corrected chi connectivity index (χ4v) is 4.42. The highest BCUT2D eigenvalue weighted by atomic mass is 16.5. The second-order valence-electron chi connectivity index (χ2n) is 8.17. The van der Waals surface area contributed by atoms with E-state index in [0.29, 0.717) is 13.2 Å². The van der Waals surface area contributed by atoms with Crippen molar-refractivity contribution in [1.82, 2.24) is 4.90 Å². The molecular formula is C26H31NO4. The zero-order valence-corrected chi connectivity index (χ0v) is 18.2. The molecule has 5 nitrogen and oxygen atoms in total. The Kier molecular flexibility index (Phi) is 6.92. The zero-order chi connectivity index (χ0) is 21.6. The van der Waals surface area contributed by atoms with Crippen LogP contribution in [0.25, 0.3) is 5.57 Å². The van der Waals surface area contributed by atoms with E-state index in [0.717, 1.165) is 67.8 Å². The molecule has 0 radical (unpaired) electrons. The molecule has 2 aliphatic heterocycles. The average molecular weight is 422 g/mol. The molecule has 1 unspecified atom stereocenters. The summed E-state index contributed by atoms with van der Waals surface area (Å²) in [6.45, 7) is 4.82. The minimum Gasteiger partial charge on any atom is -0.491 e. The van der Waals surface area contributed by atoms with Crippen molar-refractivity contribution in [1.29, 1.82) is 0 Å². The number of unbranched alkanes of at least 4 members (excludes halogenated alkanes) is 1. The number of carboxylic acid groups (broad SMARTS) is 1. The molecule has 4 rings (SSSR count). The quantitative estimate of drug-likeness (QED) is 0.571. The molecular weight excluding hydrogens is 390 g/mol. The van der Waals surface area contributed by atoms with Crippen LogP contribution in [0.5, 0.6) is 5.75 Å². The predicted octanol–water partition coefficient (Wildman–Crippen LogP) is 4.97. The summed E-state index contributed by atoms with van der Waals surface area (Å²) in [4.78, 5) is 14.0. The van der Waals surface area contributed by atoms with Gasteiger partial charge in [-0.05, 0) is 66.2 Å². The minimum atomic E-state index is -0.805. The molecule has 0 aromatic heterocycles. The molecule has 1 atom stereocenters. The first-order valence-corrected chi connectivity index (χ1v) is 11.3. The Hall–Kier alpha value is -2.79. The van der Waals surface area contributed by atoms with Crippen molar-refractivity contribution in [2.24, 2.45) is 0 Å². The number of ether oxygens (including phenoxy) is 2. The largest absolute Gasteiger partial charge is 0.491 e. The van der Waals surface area contributed by atoms with Gasteiger partial charge >= 0.3 is 5.97 Å². The van der Waals surface area contributed by atoms with Crippen LogP contribution < -0.4 is 4.74 Å². The maximum Gasteiger partial charge on any atom is 0.330 e. The Morgan fingerprint density at radius 1 is 1.16 bits per heavy atom. The first-order chi connectivity index (χ1) is 15.2. The van der Waals surface area contributed by atoms with Crippen molar-refractivity contribution in [2.75, 3.05) is 26.4 Å². The number of carboxylic acids is 1. The topological polar surface area (TPSA) is 59.0 Å². The Bertz CT molecular complexity index is 923. The molecule has 164 valence electrons. The van der Waals surface area contributed by atoms with Crippen LogP contribution >= 0.6 is 0 Å². The number of nitrogens with zero attached hydrogens (tertiary/aromatic N) is 1. The van der Waals surface area contributed by atoms with Gasteiger partial charge in [-0.2, -0.15) is 0 Å². The van der Waals surface area contributed by atoms with Crippen molar-refractivity contribution < 1.29 is 19.4 Å². The third kappa shape index (κ3) is 4.93. The number of hydrogen-bond acceptors (Lipinski definition) is 4. The second-order valence-corrected chi connectivity index (χ2v) is 8.17. The van der Waals surface area contributed by atoms with E-state index in [1.54, 1.807) is 0 Å². The van der Waals surface area contributed by atoms with Gasteiger partial charge < -0.3 is 19.5 Å². The first-order valence-electron chi connectivity index (χ1n) is 11.3. The van der Waals surface area contributed by atoms with Gasteiger partial charge in [-0.15, -0.1) is 0 Å². The summed E-state index contributed by atoms with van der Waals surface area (Å²) in [7, 11) is 0. The smallest absolute Gasteiger partial charge is 0.330 e. The number of rotatable bonds is 9. The van der Waals surface area contributed by atoms with Crippen LogP contribution in [0.1, 0.15) is 44.6 Å². The van der Waals surface area contributed by atoms with Gasteiger partial charge in [-0.3, -0.25) is 0 Å². The lowest BCUT2D eigenvalue weighted by Crippen LogP contribution is -2.37. The maximum atomic E-state index is 12.0. The second kappa shape index (κ2) is 10.0. The molecule has 0 spiro atoms. The van der Waals surface area contributed by atoms with Gasteiger partial charge in [0.2, 0.25) is 0 Å². The summed E-state index contributed by atoms with van der Waals surface area (Å²) in [5, 5.41) is 9.83. The van der Waals surface area contributed by atoms with Crippen LogP contribution in [0.3, 0.4) is 0 Å². The Balaban J connectivity index is 1.51. The van der Waals surface area contributed by atoms with E-state index < -0.39 is 12.0 Å². The number of carbonyl (C=O) groups is 1. The van der Waals surface area contributed by atoms with E-state index in [9.17, 15) is 9.90 Å². The monoisotopic (exact) mass is 421 g/mol. The van der Waals surface area contributed by atoms with Gasteiger partial charge in [0.25, 0.3) is 0 Å². The van der Waals surface area contributed by atoms with E-state index >= 15 is 0 Å². The van der Waals surface area contributed by atoms with Crippen LogP contribution in [0.2, 0.25) is 0 Å². The molecule has 0 saturated carbocycles. The standard InChI is InChI=1S/C26H31NO4/c1-2-3-15-30-16-17-31-23-10-7-19(8-11-23)21-9-12-24(26(28)29)27-14-13-20-5-4-6-22(18-21)25(20)27/h5,7-12,18,24H,2-4,6,13-17H2,1H3,(H,28,29). The van der Waals surface area contributed by atoms with Crippen molar-refractivity contribution in [3.05, 3.63) is 71.0 Å². The molecule has 1 aliphatic carbocycles. The molecule has 3 aliphatic rings. The summed E-state index contributed by atoms with van der Waals surface area (Å²) in [6.07, 6.45) is 13.4.